The maximum atomic E-state index is 11.8. The van der Waals surface area contributed by atoms with Crippen LogP contribution in [-0.2, 0) is 9.53 Å². The molecule has 0 N–H and O–H groups in total. The van der Waals surface area contributed by atoms with E-state index in [0.29, 0.717) is 17.9 Å². The number of hydrogen-bond donors (Lipinski definition) is 0. The van der Waals surface area contributed by atoms with Gasteiger partial charge >= 0.3 is 5.97 Å². The van der Waals surface area contributed by atoms with E-state index < -0.39 is 0 Å². The predicted octanol–water partition coefficient (Wildman–Crippen LogP) is 1.86. The number of carbonyl (C=O) groups excluding carboxylic acids is 2. The first-order valence-electron chi connectivity index (χ1n) is 6.88. The number of carbonyl (C=O) groups is 2. The highest BCUT2D eigenvalue weighted by molar-refractivity contribution is 5.89. The Morgan fingerprint density at radius 2 is 1.80 bits per heavy atom. The fourth-order valence-corrected chi connectivity index (χ4v) is 2.10. The molecule has 5 nitrogen and oxygen atoms in total. The van der Waals surface area contributed by atoms with E-state index in [0.717, 1.165) is 25.9 Å². The zero-order valence-electron chi connectivity index (χ0n) is 11.6. The number of esters is 1. The molecule has 0 radical (unpaired) electrons. The van der Waals surface area contributed by atoms with E-state index >= 15 is 0 Å². The number of likely N-dealkylation sites (tertiary alicyclic amines) is 1. The normalized spacial score (nSPS) is 14.2. The lowest BCUT2D eigenvalue weighted by atomic mass is 10.2. The first-order valence-corrected chi connectivity index (χ1v) is 6.88. The van der Waals surface area contributed by atoms with Gasteiger partial charge in [0.15, 0.2) is 6.61 Å². The van der Waals surface area contributed by atoms with Crippen LogP contribution in [0.5, 0.6) is 5.75 Å². The molecule has 1 aliphatic rings. The van der Waals surface area contributed by atoms with Crippen LogP contribution in [0.4, 0.5) is 0 Å². The first-order chi connectivity index (χ1) is 9.70. The van der Waals surface area contributed by atoms with Gasteiger partial charge in [0.1, 0.15) is 5.75 Å². The molecule has 1 aromatic carbocycles. The van der Waals surface area contributed by atoms with Crippen LogP contribution < -0.4 is 4.74 Å². The molecule has 0 spiro atoms. The van der Waals surface area contributed by atoms with Gasteiger partial charge < -0.3 is 14.4 Å². The standard InChI is InChI=1S/C15H19NO4/c1-2-19-15(18)12-5-7-13(8-6-12)20-11-14(17)16-9-3-4-10-16/h5-8H,2-4,9-11H2,1H3. The van der Waals surface area contributed by atoms with Crippen LogP contribution in [-0.4, -0.2) is 43.1 Å². The molecule has 1 saturated heterocycles. The molecule has 0 saturated carbocycles. The minimum Gasteiger partial charge on any atom is -0.484 e. The van der Waals surface area contributed by atoms with E-state index in [2.05, 4.69) is 0 Å². The summed E-state index contributed by atoms with van der Waals surface area (Å²) in [6.07, 6.45) is 2.14. The molecule has 0 bridgehead atoms. The highest BCUT2D eigenvalue weighted by Gasteiger charge is 2.18. The van der Waals surface area contributed by atoms with Gasteiger partial charge in [0.05, 0.1) is 12.2 Å². The smallest absolute Gasteiger partial charge is 0.338 e. The van der Waals surface area contributed by atoms with Crippen molar-refractivity contribution in [3.8, 4) is 5.75 Å². The van der Waals surface area contributed by atoms with E-state index in [1.807, 2.05) is 4.90 Å². The maximum Gasteiger partial charge on any atom is 0.338 e. The third-order valence-corrected chi connectivity index (χ3v) is 3.19. The summed E-state index contributed by atoms with van der Waals surface area (Å²) in [4.78, 5) is 25.1. The minimum absolute atomic E-state index is 0.0111. The Morgan fingerprint density at radius 1 is 1.15 bits per heavy atom. The molecule has 20 heavy (non-hydrogen) atoms. The second kappa shape index (κ2) is 6.93. The molecule has 0 aromatic heterocycles. The van der Waals surface area contributed by atoms with Crippen molar-refractivity contribution in [1.29, 1.82) is 0 Å². The van der Waals surface area contributed by atoms with Crippen molar-refractivity contribution >= 4 is 11.9 Å². The Hall–Kier alpha value is -2.04. The Morgan fingerprint density at radius 3 is 2.40 bits per heavy atom. The molecule has 108 valence electrons. The zero-order chi connectivity index (χ0) is 14.4. The molecule has 1 aliphatic heterocycles. The highest BCUT2D eigenvalue weighted by atomic mass is 16.5. The topological polar surface area (TPSA) is 55.8 Å². The van der Waals surface area contributed by atoms with Crippen LogP contribution in [0.1, 0.15) is 30.1 Å². The van der Waals surface area contributed by atoms with Gasteiger partial charge in [0, 0.05) is 13.1 Å². The van der Waals surface area contributed by atoms with Crippen LogP contribution >= 0.6 is 0 Å². The van der Waals surface area contributed by atoms with E-state index in [9.17, 15) is 9.59 Å². The van der Waals surface area contributed by atoms with Crippen molar-refractivity contribution in [2.24, 2.45) is 0 Å². The summed E-state index contributed by atoms with van der Waals surface area (Å²) in [5, 5.41) is 0. The lowest BCUT2D eigenvalue weighted by molar-refractivity contribution is -0.132. The number of nitrogens with zero attached hydrogens (tertiary/aromatic N) is 1. The Balaban J connectivity index is 1.84. The van der Waals surface area contributed by atoms with Crippen LogP contribution in [0.15, 0.2) is 24.3 Å². The van der Waals surface area contributed by atoms with Crippen molar-refractivity contribution in [3.63, 3.8) is 0 Å². The van der Waals surface area contributed by atoms with E-state index in [1.165, 1.54) is 0 Å². The molecule has 0 unspecified atom stereocenters. The van der Waals surface area contributed by atoms with Gasteiger partial charge in [0.25, 0.3) is 5.91 Å². The number of hydrogen-bond acceptors (Lipinski definition) is 4. The summed E-state index contributed by atoms with van der Waals surface area (Å²) < 4.78 is 10.3. The van der Waals surface area contributed by atoms with Crippen molar-refractivity contribution in [2.75, 3.05) is 26.3 Å². The average molecular weight is 277 g/mol. The molecule has 0 aliphatic carbocycles. The number of ether oxygens (including phenoxy) is 2. The predicted molar refractivity (Wildman–Crippen MR) is 73.7 cm³/mol. The number of benzene rings is 1. The van der Waals surface area contributed by atoms with Crippen molar-refractivity contribution in [3.05, 3.63) is 29.8 Å². The SMILES string of the molecule is CCOC(=O)c1ccc(OCC(=O)N2CCCC2)cc1. The summed E-state index contributed by atoms with van der Waals surface area (Å²) in [6.45, 7) is 3.80. The largest absolute Gasteiger partial charge is 0.484 e. The monoisotopic (exact) mass is 277 g/mol. The summed E-state index contributed by atoms with van der Waals surface area (Å²) in [6, 6.07) is 6.61. The lowest BCUT2D eigenvalue weighted by Crippen LogP contribution is -2.32. The summed E-state index contributed by atoms with van der Waals surface area (Å²) in [7, 11) is 0. The van der Waals surface area contributed by atoms with Crippen molar-refractivity contribution < 1.29 is 19.1 Å². The number of rotatable bonds is 5. The van der Waals surface area contributed by atoms with Gasteiger partial charge in [-0.3, -0.25) is 4.79 Å². The quantitative estimate of drug-likeness (QED) is 0.771. The second-order valence-corrected chi connectivity index (χ2v) is 4.62. The fourth-order valence-electron chi connectivity index (χ4n) is 2.10. The first kappa shape index (κ1) is 14.4. The molecular formula is C15H19NO4. The molecule has 1 aromatic rings. The Kier molecular flexibility index (Phi) is 4.98. The van der Waals surface area contributed by atoms with E-state index in [1.54, 1.807) is 31.2 Å². The summed E-state index contributed by atoms with van der Waals surface area (Å²) in [5.74, 6) is 0.231. The van der Waals surface area contributed by atoms with Crippen LogP contribution in [0.2, 0.25) is 0 Å². The fraction of sp³-hybridized carbons (Fsp3) is 0.467. The van der Waals surface area contributed by atoms with Gasteiger partial charge in [0.2, 0.25) is 0 Å². The Bertz CT molecular complexity index is 463. The Labute approximate surface area is 118 Å². The summed E-state index contributed by atoms with van der Waals surface area (Å²) >= 11 is 0. The van der Waals surface area contributed by atoms with Gasteiger partial charge in [-0.25, -0.2) is 4.79 Å². The second-order valence-electron chi connectivity index (χ2n) is 4.62. The molecule has 2 rings (SSSR count). The van der Waals surface area contributed by atoms with Crippen molar-refractivity contribution in [2.45, 2.75) is 19.8 Å². The third-order valence-electron chi connectivity index (χ3n) is 3.19. The van der Waals surface area contributed by atoms with Crippen LogP contribution in [0, 0.1) is 0 Å². The minimum atomic E-state index is -0.354. The molecule has 1 heterocycles. The molecule has 1 fully saturated rings. The van der Waals surface area contributed by atoms with E-state index in [4.69, 9.17) is 9.47 Å². The van der Waals surface area contributed by atoms with Crippen LogP contribution in [0.25, 0.3) is 0 Å². The third kappa shape index (κ3) is 3.73. The molecule has 5 heteroatoms. The summed E-state index contributed by atoms with van der Waals surface area (Å²) in [5.41, 5.74) is 0.477. The van der Waals surface area contributed by atoms with Gasteiger partial charge in [-0.2, -0.15) is 0 Å². The highest BCUT2D eigenvalue weighted by Crippen LogP contribution is 2.14. The molecular weight excluding hydrogens is 258 g/mol. The van der Waals surface area contributed by atoms with Gasteiger partial charge in [-0.1, -0.05) is 0 Å². The van der Waals surface area contributed by atoms with E-state index in [-0.39, 0.29) is 18.5 Å². The zero-order valence-corrected chi connectivity index (χ0v) is 11.6. The van der Waals surface area contributed by atoms with Gasteiger partial charge in [-0.15, -0.1) is 0 Å². The molecule has 1 amide bonds. The maximum absolute atomic E-state index is 11.8. The lowest BCUT2D eigenvalue weighted by Gasteiger charge is -2.15. The average Bonchev–Trinajstić information content (AvgIpc) is 3.00. The van der Waals surface area contributed by atoms with Gasteiger partial charge in [-0.05, 0) is 44.0 Å². The van der Waals surface area contributed by atoms with Crippen molar-refractivity contribution in [1.82, 2.24) is 4.90 Å². The molecule has 0 atom stereocenters. The number of amides is 1. The van der Waals surface area contributed by atoms with Crippen LogP contribution in [0.3, 0.4) is 0 Å².